The lowest BCUT2D eigenvalue weighted by Crippen LogP contribution is -2.31. The fourth-order valence-electron chi connectivity index (χ4n) is 2.51. The second-order valence-corrected chi connectivity index (χ2v) is 4.55. The summed E-state index contributed by atoms with van der Waals surface area (Å²) in [4.78, 5) is 4.04. The number of nitrogens with zero attached hydrogens (tertiary/aromatic N) is 1. The molecule has 0 radical (unpaired) electrons. The Balaban J connectivity index is 1.62. The summed E-state index contributed by atoms with van der Waals surface area (Å²) < 4.78 is 11.7. The fraction of sp³-hybridized carbons (Fsp3) is 0.583. The molecular formula is C12H16N2O2. The molecule has 1 aromatic heterocycles. The van der Waals surface area contributed by atoms with Crippen LogP contribution in [0.1, 0.15) is 12.8 Å². The average molecular weight is 220 g/mol. The van der Waals surface area contributed by atoms with Crippen molar-refractivity contribution in [2.24, 2.45) is 0 Å². The van der Waals surface area contributed by atoms with Gasteiger partial charge < -0.3 is 14.8 Å². The van der Waals surface area contributed by atoms with E-state index in [0.29, 0.717) is 6.61 Å². The van der Waals surface area contributed by atoms with Crippen molar-refractivity contribution in [2.45, 2.75) is 24.5 Å². The van der Waals surface area contributed by atoms with E-state index in [4.69, 9.17) is 9.47 Å². The molecule has 0 bridgehead atoms. The molecule has 86 valence electrons. The van der Waals surface area contributed by atoms with Crippen molar-refractivity contribution >= 4 is 0 Å². The second-order valence-electron chi connectivity index (χ2n) is 4.55. The van der Waals surface area contributed by atoms with Gasteiger partial charge in [0.05, 0.1) is 18.4 Å². The van der Waals surface area contributed by atoms with Crippen molar-refractivity contribution in [2.75, 3.05) is 19.7 Å². The van der Waals surface area contributed by atoms with E-state index in [2.05, 4.69) is 10.3 Å². The number of aromatic nitrogens is 1. The Morgan fingerprint density at radius 2 is 2.56 bits per heavy atom. The summed E-state index contributed by atoms with van der Waals surface area (Å²) in [6.07, 6.45) is 5.75. The van der Waals surface area contributed by atoms with Crippen molar-refractivity contribution in [3.63, 3.8) is 0 Å². The molecule has 2 fully saturated rings. The lowest BCUT2D eigenvalue weighted by molar-refractivity contribution is 0.0182. The van der Waals surface area contributed by atoms with Crippen LogP contribution in [0.2, 0.25) is 0 Å². The Labute approximate surface area is 95.0 Å². The predicted octanol–water partition coefficient (Wildman–Crippen LogP) is 0.981. The van der Waals surface area contributed by atoms with E-state index in [1.165, 1.54) is 0 Å². The molecule has 1 aromatic rings. The van der Waals surface area contributed by atoms with Crippen molar-refractivity contribution < 1.29 is 9.47 Å². The lowest BCUT2D eigenvalue weighted by atomic mass is 9.98. The lowest BCUT2D eigenvalue weighted by Gasteiger charge is -2.20. The first-order valence-corrected chi connectivity index (χ1v) is 5.78. The normalized spacial score (nSPS) is 33.4. The summed E-state index contributed by atoms with van der Waals surface area (Å²) >= 11 is 0. The van der Waals surface area contributed by atoms with E-state index in [0.717, 1.165) is 31.7 Å². The van der Waals surface area contributed by atoms with Crippen molar-refractivity contribution in [3.05, 3.63) is 24.5 Å². The third kappa shape index (κ3) is 1.90. The quantitative estimate of drug-likeness (QED) is 0.807. The maximum absolute atomic E-state index is 5.88. The standard InChI is InChI=1S/C12H16N2O2/c1-2-10(7-13-4-1)16-11-6-12(15-8-11)3-5-14-9-12/h1-2,4,7,11,14H,3,5-6,8-9H2. The van der Waals surface area contributed by atoms with Gasteiger partial charge >= 0.3 is 0 Å². The summed E-state index contributed by atoms with van der Waals surface area (Å²) in [5.74, 6) is 0.833. The van der Waals surface area contributed by atoms with Crippen LogP contribution in [-0.2, 0) is 4.74 Å². The monoisotopic (exact) mass is 220 g/mol. The second kappa shape index (κ2) is 4.03. The third-order valence-electron chi connectivity index (χ3n) is 3.32. The van der Waals surface area contributed by atoms with Crippen molar-refractivity contribution in [3.8, 4) is 5.75 Å². The minimum absolute atomic E-state index is 0.0346. The zero-order chi connectivity index (χ0) is 10.8. The minimum atomic E-state index is 0.0346. The van der Waals surface area contributed by atoms with Gasteiger partial charge in [0, 0.05) is 19.2 Å². The molecule has 2 aliphatic heterocycles. The van der Waals surface area contributed by atoms with Gasteiger partial charge in [0.25, 0.3) is 0 Å². The van der Waals surface area contributed by atoms with Crippen LogP contribution in [-0.4, -0.2) is 36.4 Å². The number of hydrogen-bond donors (Lipinski definition) is 1. The van der Waals surface area contributed by atoms with Gasteiger partial charge in [-0.05, 0) is 25.1 Å². The number of pyridine rings is 1. The molecule has 1 spiro atoms. The Kier molecular flexibility index (Phi) is 2.53. The van der Waals surface area contributed by atoms with E-state index < -0.39 is 0 Å². The average Bonchev–Trinajstić information content (AvgIpc) is 2.92. The van der Waals surface area contributed by atoms with Gasteiger partial charge in [0.1, 0.15) is 11.9 Å². The van der Waals surface area contributed by atoms with Crippen molar-refractivity contribution in [1.82, 2.24) is 10.3 Å². The van der Waals surface area contributed by atoms with Crippen LogP contribution < -0.4 is 10.1 Å². The maximum Gasteiger partial charge on any atom is 0.138 e. The highest BCUT2D eigenvalue weighted by Gasteiger charge is 2.43. The molecule has 2 aliphatic rings. The topological polar surface area (TPSA) is 43.4 Å². The molecule has 0 amide bonds. The first-order valence-electron chi connectivity index (χ1n) is 5.78. The molecule has 2 saturated heterocycles. The predicted molar refractivity (Wildman–Crippen MR) is 59.4 cm³/mol. The van der Waals surface area contributed by atoms with Gasteiger partial charge in [-0.25, -0.2) is 0 Å². The number of rotatable bonds is 2. The van der Waals surface area contributed by atoms with Gasteiger partial charge in [-0.15, -0.1) is 0 Å². The molecule has 4 nitrogen and oxygen atoms in total. The molecule has 0 aromatic carbocycles. The van der Waals surface area contributed by atoms with Crippen LogP contribution >= 0.6 is 0 Å². The molecule has 0 saturated carbocycles. The summed E-state index contributed by atoms with van der Waals surface area (Å²) in [5.41, 5.74) is 0.0346. The van der Waals surface area contributed by atoms with E-state index in [9.17, 15) is 0 Å². The Morgan fingerprint density at radius 1 is 1.56 bits per heavy atom. The SMILES string of the molecule is c1cncc(OC2COC3(CCNC3)C2)c1. The summed E-state index contributed by atoms with van der Waals surface area (Å²) in [6.45, 7) is 2.70. The molecule has 4 heteroatoms. The van der Waals surface area contributed by atoms with Crippen LogP contribution in [0.5, 0.6) is 5.75 Å². The van der Waals surface area contributed by atoms with Gasteiger partial charge in [-0.3, -0.25) is 4.98 Å². The smallest absolute Gasteiger partial charge is 0.138 e. The van der Waals surface area contributed by atoms with Gasteiger partial charge in [-0.1, -0.05) is 0 Å². The Morgan fingerprint density at radius 3 is 3.31 bits per heavy atom. The van der Waals surface area contributed by atoms with Gasteiger partial charge in [0.2, 0.25) is 0 Å². The molecule has 3 rings (SSSR count). The fourth-order valence-corrected chi connectivity index (χ4v) is 2.51. The van der Waals surface area contributed by atoms with E-state index >= 15 is 0 Å². The highest BCUT2D eigenvalue weighted by atomic mass is 16.6. The van der Waals surface area contributed by atoms with E-state index in [1.807, 2.05) is 12.1 Å². The number of hydrogen-bond acceptors (Lipinski definition) is 4. The first-order chi connectivity index (χ1) is 7.86. The summed E-state index contributed by atoms with van der Waals surface area (Å²) in [5, 5.41) is 3.35. The molecule has 1 N–H and O–H groups in total. The van der Waals surface area contributed by atoms with Gasteiger partial charge in [-0.2, -0.15) is 0 Å². The summed E-state index contributed by atoms with van der Waals surface area (Å²) in [7, 11) is 0. The molecule has 3 heterocycles. The molecule has 0 aliphatic carbocycles. The number of nitrogens with one attached hydrogen (secondary N) is 1. The van der Waals surface area contributed by atoms with Crippen LogP contribution in [0.25, 0.3) is 0 Å². The molecule has 16 heavy (non-hydrogen) atoms. The van der Waals surface area contributed by atoms with E-state index in [1.54, 1.807) is 12.4 Å². The molecule has 2 atom stereocenters. The maximum atomic E-state index is 5.88. The van der Waals surface area contributed by atoms with Crippen LogP contribution in [0.4, 0.5) is 0 Å². The van der Waals surface area contributed by atoms with Crippen LogP contribution in [0.3, 0.4) is 0 Å². The summed E-state index contributed by atoms with van der Waals surface area (Å²) in [6, 6.07) is 3.82. The highest BCUT2D eigenvalue weighted by Crippen LogP contribution is 2.33. The zero-order valence-corrected chi connectivity index (χ0v) is 9.19. The molecule has 2 unspecified atom stereocenters. The number of ether oxygens (including phenoxy) is 2. The first kappa shape index (κ1) is 10.1. The third-order valence-corrected chi connectivity index (χ3v) is 3.32. The highest BCUT2D eigenvalue weighted by molar-refractivity contribution is 5.16. The van der Waals surface area contributed by atoms with Crippen LogP contribution in [0, 0.1) is 0 Å². The zero-order valence-electron chi connectivity index (χ0n) is 9.19. The Hall–Kier alpha value is -1.13. The van der Waals surface area contributed by atoms with Crippen LogP contribution in [0.15, 0.2) is 24.5 Å². The largest absolute Gasteiger partial charge is 0.486 e. The van der Waals surface area contributed by atoms with E-state index in [-0.39, 0.29) is 11.7 Å². The minimum Gasteiger partial charge on any atom is -0.486 e. The Bertz CT molecular complexity index is 349. The van der Waals surface area contributed by atoms with Crippen molar-refractivity contribution in [1.29, 1.82) is 0 Å². The molecular weight excluding hydrogens is 204 g/mol. The van der Waals surface area contributed by atoms with Gasteiger partial charge in [0.15, 0.2) is 0 Å².